The lowest BCUT2D eigenvalue weighted by molar-refractivity contribution is -0.137. The van der Waals surface area contributed by atoms with Crippen LogP contribution in [-0.2, 0) is 14.8 Å². The smallest absolute Gasteiger partial charge is 0.244 e. The molecule has 0 N–H and O–H groups in total. The molecule has 2 saturated heterocycles. The number of halogens is 2. The largest absolute Gasteiger partial charge is 0.345 e. The van der Waals surface area contributed by atoms with Gasteiger partial charge in [0.2, 0.25) is 15.9 Å². The number of sulfonamides is 1. The van der Waals surface area contributed by atoms with Crippen molar-refractivity contribution in [1.82, 2.24) is 14.2 Å². The second kappa shape index (κ2) is 9.00. The first-order chi connectivity index (χ1) is 14.4. The molecule has 2 aliphatic rings. The summed E-state index contributed by atoms with van der Waals surface area (Å²) in [4.78, 5) is 21.4. The van der Waals surface area contributed by atoms with Crippen molar-refractivity contribution in [2.24, 2.45) is 5.92 Å². The van der Waals surface area contributed by atoms with Crippen LogP contribution in [0.25, 0.3) is 0 Å². The predicted octanol–water partition coefficient (Wildman–Crippen LogP) is 3.20. The number of benzene rings is 1. The first kappa shape index (κ1) is 21.8. The van der Waals surface area contributed by atoms with Crippen LogP contribution < -0.4 is 4.90 Å². The van der Waals surface area contributed by atoms with E-state index < -0.39 is 10.0 Å². The van der Waals surface area contributed by atoms with Gasteiger partial charge in [-0.2, -0.15) is 4.31 Å². The van der Waals surface area contributed by atoms with E-state index in [1.165, 1.54) is 16.4 Å². The van der Waals surface area contributed by atoms with Gasteiger partial charge >= 0.3 is 0 Å². The Kier molecular flexibility index (Phi) is 6.55. The number of thiazole rings is 1. The van der Waals surface area contributed by atoms with Gasteiger partial charge in [-0.3, -0.25) is 4.79 Å². The van der Waals surface area contributed by atoms with Crippen LogP contribution in [0.15, 0.2) is 34.7 Å². The standard InChI is InChI=1S/C19H22Cl2N4O3S2/c20-15-1-2-16(21)17(13-15)30(27,28)25-6-3-14(4-7-25)18(26)23-8-10-24(11-9-23)19-22-5-12-29-19/h1-2,5,12-14H,3-4,6-11H2. The van der Waals surface area contributed by atoms with Gasteiger partial charge in [0.1, 0.15) is 4.90 Å². The van der Waals surface area contributed by atoms with E-state index in [0.29, 0.717) is 44.0 Å². The number of hydrogen-bond acceptors (Lipinski definition) is 6. The molecule has 2 fully saturated rings. The number of rotatable bonds is 4. The van der Waals surface area contributed by atoms with Crippen molar-refractivity contribution in [3.05, 3.63) is 39.8 Å². The molecule has 0 bridgehead atoms. The molecule has 0 aliphatic carbocycles. The number of anilines is 1. The van der Waals surface area contributed by atoms with Crippen molar-refractivity contribution in [2.45, 2.75) is 17.7 Å². The Morgan fingerprint density at radius 2 is 1.77 bits per heavy atom. The highest BCUT2D eigenvalue weighted by Crippen LogP contribution is 2.31. The zero-order chi connectivity index (χ0) is 21.3. The maximum Gasteiger partial charge on any atom is 0.244 e. The van der Waals surface area contributed by atoms with E-state index in [4.69, 9.17) is 23.2 Å². The summed E-state index contributed by atoms with van der Waals surface area (Å²) < 4.78 is 27.3. The van der Waals surface area contributed by atoms with Crippen LogP contribution in [0.4, 0.5) is 5.13 Å². The third-order valence-electron chi connectivity index (χ3n) is 5.60. The molecule has 3 heterocycles. The Bertz CT molecular complexity index is 1000. The molecular formula is C19H22Cl2N4O3S2. The van der Waals surface area contributed by atoms with Gasteiger partial charge in [-0.25, -0.2) is 13.4 Å². The molecule has 2 aliphatic heterocycles. The molecule has 4 rings (SSSR count). The van der Waals surface area contributed by atoms with Gasteiger partial charge in [-0.05, 0) is 31.0 Å². The number of carbonyl (C=O) groups is 1. The van der Waals surface area contributed by atoms with Crippen LogP contribution in [0.2, 0.25) is 10.0 Å². The monoisotopic (exact) mass is 488 g/mol. The van der Waals surface area contributed by atoms with E-state index in [0.717, 1.165) is 18.2 Å². The van der Waals surface area contributed by atoms with Crippen molar-refractivity contribution >= 4 is 55.6 Å². The Morgan fingerprint density at radius 1 is 1.07 bits per heavy atom. The molecule has 11 heteroatoms. The fourth-order valence-corrected chi connectivity index (χ4v) is 6.81. The van der Waals surface area contributed by atoms with E-state index in [2.05, 4.69) is 9.88 Å². The van der Waals surface area contributed by atoms with Gasteiger partial charge < -0.3 is 9.80 Å². The number of carbonyl (C=O) groups excluding carboxylic acids is 1. The fraction of sp³-hybridized carbons (Fsp3) is 0.474. The minimum atomic E-state index is -3.74. The second-order valence-corrected chi connectivity index (χ2v) is 11.0. The van der Waals surface area contributed by atoms with Crippen molar-refractivity contribution in [1.29, 1.82) is 0 Å². The lowest BCUT2D eigenvalue weighted by Crippen LogP contribution is -2.52. The predicted molar refractivity (Wildman–Crippen MR) is 119 cm³/mol. The van der Waals surface area contributed by atoms with Crippen molar-refractivity contribution in [2.75, 3.05) is 44.2 Å². The van der Waals surface area contributed by atoms with Crippen LogP contribution in [0.5, 0.6) is 0 Å². The molecule has 0 radical (unpaired) electrons. The Morgan fingerprint density at radius 3 is 2.40 bits per heavy atom. The summed E-state index contributed by atoms with van der Waals surface area (Å²) in [5, 5.41) is 3.40. The maximum absolute atomic E-state index is 13.0. The Labute approximate surface area is 190 Å². The third-order valence-corrected chi connectivity index (χ3v) is 9.04. The summed E-state index contributed by atoms with van der Waals surface area (Å²) in [6, 6.07) is 4.42. The van der Waals surface area contributed by atoms with Crippen molar-refractivity contribution < 1.29 is 13.2 Å². The molecule has 0 spiro atoms. The van der Waals surface area contributed by atoms with E-state index in [9.17, 15) is 13.2 Å². The van der Waals surface area contributed by atoms with Crippen LogP contribution in [0.1, 0.15) is 12.8 Å². The maximum atomic E-state index is 13.0. The van der Waals surface area contributed by atoms with Gasteiger partial charge in [-0.15, -0.1) is 11.3 Å². The first-order valence-corrected chi connectivity index (χ1v) is 12.8. The van der Waals surface area contributed by atoms with Crippen LogP contribution in [0, 0.1) is 5.92 Å². The molecule has 0 atom stereocenters. The number of piperidine rings is 1. The first-order valence-electron chi connectivity index (χ1n) is 9.74. The zero-order valence-corrected chi connectivity index (χ0v) is 19.4. The zero-order valence-electron chi connectivity index (χ0n) is 16.2. The van der Waals surface area contributed by atoms with E-state index >= 15 is 0 Å². The second-order valence-electron chi connectivity index (χ2n) is 7.38. The average Bonchev–Trinajstić information content (AvgIpc) is 3.30. The van der Waals surface area contributed by atoms with Crippen LogP contribution >= 0.6 is 34.5 Å². The summed E-state index contributed by atoms with van der Waals surface area (Å²) in [7, 11) is -3.74. The van der Waals surface area contributed by atoms with E-state index in [1.54, 1.807) is 23.6 Å². The molecule has 0 saturated carbocycles. The normalized spacial score (nSPS) is 19.3. The number of piperazine rings is 1. The van der Waals surface area contributed by atoms with Gasteiger partial charge in [-0.1, -0.05) is 23.2 Å². The number of amides is 1. The minimum absolute atomic E-state index is 0.0137. The lowest BCUT2D eigenvalue weighted by atomic mass is 9.96. The summed E-state index contributed by atoms with van der Waals surface area (Å²) in [5.74, 6) is -0.0377. The van der Waals surface area contributed by atoms with E-state index in [-0.39, 0.29) is 21.7 Å². The van der Waals surface area contributed by atoms with Crippen LogP contribution in [0.3, 0.4) is 0 Å². The Balaban J connectivity index is 1.34. The van der Waals surface area contributed by atoms with Gasteiger partial charge in [0.15, 0.2) is 5.13 Å². The fourth-order valence-electron chi connectivity index (χ4n) is 3.91. The summed E-state index contributed by atoms with van der Waals surface area (Å²) >= 11 is 13.7. The molecule has 7 nitrogen and oxygen atoms in total. The minimum Gasteiger partial charge on any atom is -0.345 e. The highest BCUT2D eigenvalue weighted by Gasteiger charge is 2.35. The molecule has 2 aromatic rings. The highest BCUT2D eigenvalue weighted by molar-refractivity contribution is 7.89. The van der Waals surface area contributed by atoms with Crippen molar-refractivity contribution in [3.63, 3.8) is 0 Å². The lowest BCUT2D eigenvalue weighted by Gasteiger charge is -2.38. The van der Waals surface area contributed by atoms with Gasteiger partial charge in [0.25, 0.3) is 0 Å². The quantitative estimate of drug-likeness (QED) is 0.660. The molecule has 0 unspecified atom stereocenters. The topological polar surface area (TPSA) is 73.8 Å². The molecule has 162 valence electrons. The summed E-state index contributed by atoms with van der Waals surface area (Å²) in [6.45, 7) is 3.44. The van der Waals surface area contributed by atoms with Gasteiger partial charge in [0, 0.05) is 61.8 Å². The SMILES string of the molecule is O=C(C1CCN(S(=O)(=O)c2cc(Cl)ccc2Cl)CC1)N1CCN(c2nccs2)CC1. The summed E-state index contributed by atoms with van der Waals surface area (Å²) in [5.41, 5.74) is 0. The van der Waals surface area contributed by atoms with Crippen LogP contribution in [-0.4, -0.2) is 67.8 Å². The molecule has 1 amide bonds. The molecule has 1 aromatic carbocycles. The summed E-state index contributed by atoms with van der Waals surface area (Å²) in [6.07, 6.45) is 2.79. The average molecular weight is 489 g/mol. The number of nitrogens with zero attached hydrogens (tertiary/aromatic N) is 4. The Hall–Kier alpha value is -1.39. The van der Waals surface area contributed by atoms with Gasteiger partial charge in [0.05, 0.1) is 5.02 Å². The number of aromatic nitrogens is 1. The molecular weight excluding hydrogens is 467 g/mol. The highest BCUT2D eigenvalue weighted by atomic mass is 35.5. The van der Waals surface area contributed by atoms with E-state index in [1.807, 2.05) is 10.3 Å². The molecule has 30 heavy (non-hydrogen) atoms. The third kappa shape index (κ3) is 4.45. The molecule has 1 aromatic heterocycles. The van der Waals surface area contributed by atoms with Crippen molar-refractivity contribution in [3.8, 4) is 0 Å². The number of hydrogen-bond donors (Lipinski definition) is 0.